The molecule has 0 aliphatic rings. The summed E-state index contributed by atoms with van der Waals surface area (Å²) in [6.45, 7) is 0. The minimum Gasteiger partial charge on any atom is -0.495 e. The number of ether oxygens (including phenoxy) is 1. The van der Waals surface area contributed by atoms with E-state index in [0.717, 1.165) is 18.2 Å². The normalized spacial score (nSPS) is 10.8. The summed E-state index contributed by atoms with van der Waals surface area (Å²) in [5, 5.41) is 11.6. The van der Waals surface area contributed by atoms with E-state index >= 15 is 0 Å². The summed E-state index contributed by atoms with van der Waals surface area (Å²) >= 11 is 0. The highest BCUT2D eigenvalue weighted by atomic mass is 19.1. The summed E-state index contributed by atoms with van der Waals surface area (Å²) < 4.78 is 31.6. The molecule has 1 amide bonds. The van der Waals surface area contributed by atoms with Crippen LogP contribution in [0, 0.1) is 23.0 Å². The van der Waals surface area contributed by atoms with Crippen molar-refractivity contribution in [2.45, 2.75) is 0 Å². The number of hydrogen-bond donors (Lipinski definition) is 1. The number of amides is 1. The van der Waals surface area contributed by atoms with Crippen LogP contribution in [0.3, 0.4) is 0 Å². The summed E-state index contributed by atoms with van der Waals surface area (Å²) in [5.41, 5.74) is 0.000249. The number of anilines is 1. The third-order valence-corrected chi connectivity index (χ3v) is 2.98. The molecule has 0 fully saturated rings. The minimum absolute atomic E-state index is 0.0573. The average Bonchev–Trinajstić information content (AvgIpc) is 2.54. The van der Waals surface area contributed by atoms with E-state index in [9.17, 15) is 13.6 Å². The van der Waals surface area contributed by atoms with Crippen molar-refractivity contribution in [3.8, 4) is 11.8 Å². The Bertz CT molecular complexity index is 810. The molecule has 116 valence electrons. The van der Waals surface area contributed by atoms with Gasteiger partial charge in [0.25, 0.3) is 5.91 Å². The van der Waals surface area contributed by atoms with Crippen molar-refractivity contribution < 1.29 is 18.3 Å². The molecular weight excluding hydrogens is 302 g/mol. The molecule has 0 heterocycles. The molecule has 0 radical (unpaired) electrons. The van der Waals surface area contributed by atoms with Gasteiger partial charge in [0.1, 0.15) is 29.0 Å². The molecule has 2 aromatic carbocycles. The van der Waals surface area contributed by atoms with E-state index in [0.29, 0.717) is 17.5 Å². The van der Waals surface area contributed by atoms with Crippen molar-refractivity contribution >= 4 is 17.7 Å². The number of nitriles is 1. The fourth-order valence-electron chi connectivity index (χ4n) is 1.86. The smallest absolute Gasteiger partial charge is 0.266 e. The first-order valence-electron chi connectivity index (χ1n) is 6.56. The lowest BCUT2D eigenvalue weighted by Crippen LogP contribution is -2.14. The molecule has 1 N–H and O–H groups in total. The summed E-state index contributed by atoms with van der Waals surface area (Å²) in [6, 6.07) is 11.2. The third-order valence-electron chi connectivity index (χ3n) is 2.98. The molecule has 4 nitrogen and oxygen atoms in total. The Morgan fingerprint density at radius 3 is 2.65 bits per heavy atom. The van der Waals surface area contributed by atoms with Gasteiger partial charge in [-0.3, -0.25) is 4.79 Å². The van der Waals surface area contributed by atoms with Crippen molar-refractivity contribution in [3.05, 3.63) is 65.2 Å². The van der Waals surface area contributed by atoms with Gasteiger partial charge in [-0.25, -0.2) is 8.78 Å². The third kappa shape index (κ3) is 3.92. The fourth-order valence-corrected chi connectivity index (χ4v) is 1.86. The summed E-state index contributed by atoms with van der Waals surface area (Å²) in [6.07, 6.45) is 1.06. The van der Waals surface area contributed by atoms with Crippen molar-refractivity contribution in [2.24, 2.45) is 0 Å². The van der Waals surface area contributed by atoms with Crippen LogP contribution in [-0.2, 0) is 4.79 Å². The lowest BCUT2D eigenvalue weighted by molar-refractivity contribution is -0.112. The Balaban J connectivity index is 2.28. The van der Waals surface area contributed by atoms with Crippen molar-refractivity contribution in [1.29, 1.82) is 5.26 Å². The quantitative estimate of drug-likeness (QED) is 0.694. The molecule has 0 saturated carbocycles. The Morgan fingerprint density at radius 1 is 1.26 bits per heavy atom. The molecule has 0 aromatic heterocycles. The first kappa shape index (κ1) is 16.2. The second kappa shape index (κ2) is 7.18. The van der Waals surface area contributed by atoms with Gasteiger partial charge in [-0.05, 0) is 30.3 Å². The van der Waals surface area contributed by atoms with E-state index in [4.69, 9.17) is 10.00 Å². The maximum atomic E-state index is 13.6. The van der Waals surface area contributed by atoms with Crippen LogP contribution < -0.4 is 10.1 Å². The largest absolute Gasteiger partial charge is 0.495 e. The second-order valence-electron chi connectivity index (χ2n) is 4.49. The van der Waals surface area contributed by atoms with Crippen molar-refractivity contribution in [2.75, 3.05) is 12.4 Å². The first-order chi connectivity index (χ1) is 11.0. The first-order valence-corrected chi connectivity index (χ1v) is 6.56. The molecule has 23 heavy (non-hydrogen) atoms. The molecule has 6 heteroatoms. The molecule has 0 aliphatic carbocycles. The lowest BCUT2D eigenvalue weighted by Gasteiger charge is -2.09. The Morgan fingerprint density at radius 2 is 2.00 bits per heavy atom. The van der Waals surface area contributed by atoms with Gasteiger partial charge in [-0.2, -0.15) is 5.26 Å². The molecule has 2 aromatic rings. The predicted octanol–water partition coefficient (Wildman–Crippen LogP) is 3.52. The van der Waals surface area contributed by atoms with Crippen molar-refractivity contribution in [3.63, 3.8) is 0 Å². The minimum atomic E-state index is -0.858. The van der Waals surface area contributed by atoms with E-state index < -0.39 is 17.5 Å². The van der Waals surface area contributed by atoms with Crippen LogP contribution in [0.1, 0.15) is 5.56 Å². The molecule has 0 saturated heterocycles. The maximum Gasteiger partial charge on any atom is 0.266 e. The van der Waals surface area contributed by atoms with Gasteiger partial charge in [-0.1, -0.05) is 12.1 Å². The summed E-state index contributed by atoms with van der Waals surface area (Å²) in [4.78, 5) is 12.1. The van der Waals surface area contributed by atoms with Crippen molar-refractivity contribution in [1.82, 2.24) is 0 Å². The lowest BCUT2D eigenvalue weighted by atomic mass is 10.1. The number of halogens is 2. The Labute approximate surface area is 131 Å². The van der Waals surface area contributed by atoms with Gasteiger partial charge >= 0.3 is 0 Å². The molecule has 0 spiro atoms. The van der Waals surface area contributed by atoms with E-state index in [1.165, 1.54) is 7.11 Å². The number of para-hydroxylation sites is 2. The number of hydrogen-bond acceptors (Lipinski definition) is 3. The molecule has 0 unspecified atom stereocenters. The van der Waals surface area contributed by atoms with Gasteiger partial charge in [-0.15, -0.1) is 0 Å². The monoisotopic (exact) mass is 314 g/mol. The topological polar surface area (TPSA) is 62.1 Å². The van der Waals surface area contributed by atoms with Gasteiger partial charge in [0.2, 0.25) is 0 Å². The zero-order chi connectivity index (χ0) is 16.8. The van der Waals surface area contributed by atoms with Crippen LogP contribution in [0.5, 0.6) is 5.75 Å². The highest BCUT2D eigenvalue weighted by molar-refractivity contribution is 6.10. The summed E-state index contributed by atoms with van der Waals surface area (Å²) in [5.74, 6) is -1.90. The van der Waals surface area contributed by atoms with Gasteiger partial charge in [0, 0.05) is 11.6 Å². The fraction of sp³-hybridized carbons (Fsp3) is 0.0588. The van der Waals surface area contributed by atoms with Crippen LogP contribution in [0.15, 0.2) is 48.0 Å². The van der Waals surface area contributed by atoms with Crippen LogP contribution >= 0.6 is 0 Å². The Kier molecular flexibility index (Phi) is 5.05. The zero-order valence-electron chi connectivity index (χ0n) is 12.1. The van der Waals surface area contributed by atoms with Crippen LogP contribution in [0.25, 0.3) is 6.08 Å². The van der Waals surface area contributed by atoms with Crippen LogP contribution in [0.4, 0.5) is 14.5 Å². The van der Waals surface area contributed by atoms with E-state index in [1.54, 1.807) is 30.3 Å². The zero-order valence-corrected chi connectivity index (χ0v) is 12.1. The number of benzene rings is 2. The molecule has 0 aliphatic heterocycles. The SMILES string of the molecule is COc1ccccc1NC(=O)/C(C#N)=C/c1ccc(F)cc1F. The predicted molar refractivity (Wildman–Crippen MR) is 81.6 cm³/mol. The second-order valence-corrected chi connectivity index (χ2v) is 4.49. The number of methoxy groups -OCH3 is 1. The number of carbonyl (C=O) groups excluding carboxylic acids is 1. The molecular formula is C17H12F2N2O2. The Hall–Kier alpha value is -3.20. The average molecular weight is 314 g/mol. The summed E-state index contributed by atoms with van der Waals surface area (Å²) in [7, 11) is 1.44. The van der Waals surface area contributed by atoms with Crippen LogP contribution in [-0.4, -0.2) is 13.0 Å². The molecule has 2 rings (SSSR count). The highest BCUT2D eigenvalue weighted by Gasteiger charge is 2.13. The van der Waals surface area contributed by atoms with E-state index in [-0.39, 0.29) is 11.1 Å². The standard InChI is InChI=1S/C17H12F2N2O2/c1-23-16-5-3-2-4-15(16)21-17(22)12(10-20)8-11-6-7-13(18)9-14(11)19/h2-9H,1H3,(H,21,22)/b12-8+. The van der Waals surface area contributed by atoms with Gasteiger partial charge in [0.15, 0.2) is 0 Å². The molecule has 0 bridgehead atoms. The van der Waals surface area contributed by atoms with Crippen LogP contribution in [0.2, 0.25) is 0 Å². The van der Waals surface area contributed by atoms with E-state index in [1.807, 2.05) is 0 Å². The number of carbonyl (C=O) groups is 1. The molecule has 0 atom stereocenters. The van der Waals surface area contributed by atoms with Gasteiger partial charge in [0.05, 0.1) is 12.8 Å². The number of nitrogens with one attached hydrogen (secondary N) is 1. The van der Waals surface area contributed by atoms with Gasteiger partial charge < -0.3 is 10.1 Å². The number of rotatable bonds is 4. The number of nitrogens with zero attached hydrogens (tertiary/aromatic N) is 1. The van der Waals surface area contributed by atoms with E-state index in [2.05, 4.69) is 5.32 Å². The maximum absolute atomic E-state index is 13.6. The highest BCUT2D eigenvalue weighted by Crippen LogP contribution is 2.24.